The lowest BCUT2D eigenvalue weighted by Crippen LogP contribution is -2.54. The van der Waals surface area contributed by atoms with Crippen LogP contribution in [0.3, 0.4) is 0 Å². The SMILES string of the molecule is CCN(CC)c1ccc2c(-c3ccccc3C(=O)O[C@@H](C)C(=O)N3CCC[C@H]3C(=O)N(C)[C@H](CC(C)C)C(N)=O)c3ccc(=[N+](CC)CC)cc-3oc2c1. The van der Waals surface area contributed by atoms with E-state index in [2.05, 4.69) is 61.4 Å². The summed E-state index contributed by atoms with van der Waals surface area (Å²) in [7, 11) is 1.56. The molecule has 3 amide bonds. The largest absolute Gasteiger partial charge is 0.456 e. The Kier molecular flexibility index (Phi) is 12.8. The molecule has 11 heteroatoms. The molecule has 1 saturated heterocycles. The molecule has 0 saturated carbocycles. The molecule has 2 aliphatic heterocycles. The molecule has 2 N–H and O–H groups in total. The van der Waals surface area contributed by atoms with Crippen LogP contribution < -0.4 is 20.6 Å². The third kappa shape index (κ3) is 8.15. The van der Waals surface area contributed by atoms with Crippen molar-refractivity contribution in [3.8, 4) is 22.5 Å². The number of benzene rings is 3. The molecule has 1 fully saturated rings. The summed E-state index contributed by atoms with van der Waals surface area (Å²) in [6.07, 6.45) is 0.298. The zero-order chi connectivity index (χ0) is 39.3. The van der Waals surface area contributed by atoms with Crippen LogP contribution in [-0.2, 0) is 19.1 Å². The summed E-state index contributed by atoms with van der Waals surface area (Å²) in [4.78, 5) is 59.0. The van der Waals surface area contributed by atoms with Crippen LogP contribution >= 0.6 is 0 Å². The average molecular weight is 739 g/mol. The minimum atomic E-state index is -1.17. The molecule has 1 aliphatic carbocycles. The fourth-order valence-corrected chi connectivity index (χ4v) is 7.70. The Labute approximate surface area is 318 Å². The van der Waals surface area contributed by atoms with Gasteiger partial charge in [-0.25, -0.2) is 9.37 Å². The van der Waals surface area contributed by atoms with E-state index in [-0.39, 0.29) is 11.8 Å². The van der Waals surface area contributed by atoms with Gasteiger partial charge in [0, 0.05) is 61.0 Å². The monoisotopic (exact) mass is 738 g/mol. The molecular formula is C43H56N5O6+. The number of fused-ring (bicyclic) bond motifs is 2. The topological polar surface area (TPSA) is 129 Å². The van der Waals surface area contributed by atoms with Crippen LogP contribution in [0.4, 0.5) is 5.69 Å². The first-order valence-electron chi connectivity index (χ1n) is 19.3. The highest BCUT2D eigenvalue weighted by Crippen LogP contribution is 2.42. The number of likely N-dealkylation sites (tertiary alicyclic amines) is 1. The van der Waals surface area contributed by atoms with Crippen molar-refractivity contribution in [2.75, 3.05) is 44.7 Å². The first-order chi connectivity index (χ1) is 25.8. The molecule has 2 aromatic carbocycles. The zero-order valence-corrected chi connectivity index (χ0v) is 33.1. The third-order valence-corrected chi connectivity index (χ3v) is 10.7. The number of carbonyl (C=O) groups is 4. The number of ether oxygens (including phenoxy) is 1. The van der Waals surface area contributed by atoms with Crippen LogP contribution in [-0.4, -0.2) is 91.4 Å². The molecule has 0 unspecified atom stereocenters. The second-order valence-corrected chi connectivity index (χ2v) is 14.5. The van der Waals surface area contributed by atoms with Gasteiger partial charge in [-0.05, 0) is 89.6 Å². The normalized spacial score (nSPS) is 15.4. The highest BCUT2D eigenvalue weighted by atomic mass is 16.5. The number of anilines is 1. The molecule has 0 radical (unpaired) electrons. The Balaban J connectivity index is 1.51. The van der Waals surface area contributed by atoms with E-state index in [0.29, 0.717) is 48.3 Å². The van der Waals surface area contributed by atoms with Crippen molar-refractivity contribution >= 4 is 40.3 Å². The van der Waals surface area contributed by atoms with Crippen molar-refractivity contribution in [3.05, 3.63) is 71.6 Å². The van der Waals surface area contributed by atoms with Gasteiger partial charge in [-0.3, -0.25) is 14.4 Å². The van der Waals surface area contributed by atoms with Crippen LogP contribution in [0.1, 0.15) is 78.1 Å². The van der Waals surface area contributed by atoms with Gasteiger partial charge in [-0.15, -0.1) is 0 Å². The van der Waals surface area contributed by atoms with Gasteiger partial charge in [-0.2, -0.15) is 0 Å². The van der Waals surface area contributed by atoms with E-state index in [0.717, 1.165) is 53.7 Å². The molecule has 0 aromatic heterocycles. The number of esters is 1. The third-order valence-electron chi connectivity index (χ3n) is 10.7. The Morgan fingerprint density at radius 2 is 1.65 bits per heavy atom. The van der Waals surface area contributed by atoms with E-state index >= 15 is 0 Å². The number of hydrogen-bond donors (Lipinski definition) is 1. The predicted molar refractivity (Wildman–Crippen MR) is 213 cm³/mol. The summed E-state index contributed by atoms with van der Waals surface area (Å²) in [5.41, 5.74) is 10.0. The average Bonchev–Trinajstić information content (AvgIpc) is 3.66. The molecule has 11 nitrogen and oxygen atoms in total. The van der Waals surface area contributed by atoms with Crippen molar-refractivity contribution in [1.82, 2.24) is 14.4 Å². The smallest absolute Gasteiger partial charge is 0.339 e. The molecular weight excluding hydrogens is 683 g/mol. The van der Waals surface area contributed by atoms with Crippen molar-refractivity contribution in [3.63, 3.8) is 0 Å². The van der Waals surface area contributed by atoms with Gasteiger partial charge in [0.1, 0.15) is 36.5 Å². The first kappa shape index (κ1) is 40.0. The zero-order valence-electron chi connectivity index (χ0n) is 33.1. The molecule has 3 atom stereocenters. The van der Waals surface area contributed by atoms with Gasteiger partial charge < -0.3 is 29.6 Å². The van der Waals surface area contributed by atoms with Crippen molar-refractivity contribution in [2.24, 2.45) is 11.7 Å². The van der Waals surface area contributed by atoms with Gasteiger partial charge in [0.25, 0.3) is 5.91 Å². The van der Waals surface area contributed by atoms with E-state index < -0.39 is 36.0 Å². The lowest BCUT2D eigenvalue weighted by Gasteiger charge is -2.33. The van der Waals surface area contributed by atoms with E-state index in [4.69, 9.17) is 14.9 Å². The summed E-state index contributed by atoms with van der Waals surface area (Å²) < 4.78 is 14.8. The van der Waals surface area contributed by atoms with Gasteiger partial charge in [-0.1, -0.05) is 32.0 Å². The molecule has 2 heterocycles. The van der Waals surface area contributed by atoms with Crippen molar-refractivity contribution in [1.29, 1.82) is 0 Å². The van der Waals surface area contributed by atoms with Crippen LogP contribution in [0.25, 0.3) is 33.4 Å². The number of nitrogens with zero attached hydrogens (tertiary/aromatic N) is 4. The Morgan fingerprint density at radius 3 is 2.30 bits per heavy atom. The summed E-state index contributed by atoms with van der Waals surface area (Å²) in [6, 6.07) is 18.0. The number of carbonyl (C=O) groups excluding carboxylic acids is 4. The predicted octanol–water partition coefficient (Wildman–Crippen LogP) is 5.76. The summed E-state index contributed by atoms with van der Waals surface area (Å²) in [5, 5.41) is 1.88. The second-order valence-electron chi connectivity index (χ2n) is 14.5. The minimum absolute atomic E-state index is 0.137. The van der Waals surface area contributed by atoms with Gasteiger partial charge in [0.05, 0.1) is 11.6 Å². The van der Waals surface area contributed by atoms with Gasteiger partial charge in [0.2, 0.25) is 17.2 Å². The maximum absolute atomic E-state index is 14.1. The van der Waals surface area contributed by atoms with Crippen LogP contribution in [0, 0.1) is 5.92 Å². The molecule has 0 bridgehead atoms. The highest BCUT2D eigenvalue weighted by molar-refractivity contribution is 6.08. The summed E-state index contributed by atoms with van der Waals surface area (Å²) in [6.45, 7) is 17.6. The highest BCUT2D eigenvalue weighted by Gasteiger charge is 2.40. The van der Waals surface area contributed by atoms with E-state index in [9.17, 15) is 19.2 Å². The fourth-order valence-electron chi connectivity index (χ4n) is 7.70. The van der Waals surface area contributed by atoms with Crippen LogP contribution in [0.2, 0.25) is 0 Å². The standard InChI is InChI=1S/C43H55N5O6/c1-9-46(10-2)29-19-21-33-37(25-29)54-38-26-30(47(11-3)12-4)20-22-34(38)39(33)31-16-13-14-17-32(31)43(52)53-28(7)41(50)48-23-15-18-35(48)42(51)45(8)36(40(44)49)24-27(5)6/h13-14,16-17,19-22,25-28,35-36H,9-12,15,18,23-24H2,1-8H3,(H-,44,49)/p+1/t28-,35-,36+/m0/s1. The van der Waals surface area contributed by atoms with Crippen molar-refractivity contribution < 1.29 is 28.3 Å². The van der Waals surface area contributed by atoms with Gasteiger partial charge in [0.15, 0.2) is 6.10 Å². The molecule has 0 spiro atoms. The number of primary amides is 1. The van der Waals surface area contributed by atoms with Gasteiger partial charge >= 0.3 is 5.97 Å². The van der Waals surface area contributed by atoms with Crippen molar-refractivity contribution in [2.45, 2.75) is 85.9 Å². The minimum Gasteiger partial charge on any atom is -0.456 e. The Hall–Kier alpha value is -5.19. The lowest BCUT2D eigenvalue weighted by molar-refractivity contribution is -0.150. The number of rotatable bonds is 14. The molecule has 2 aromatic rings. The molecule has 288 valence electrons. The molecule has 3 aliphatic rings. The van der Waals surface area contributed by atoms with Crippen LogP contribution in [0.15, 0.2) is 65.1 Å². The van der Waals surface area contributed by atoms with E-state index in [1.165, 1.54) is 16.7 Å². The molecule has 5 rings (SSSR count). The summed E-state index contributed by atoms with van der Waals surface area (Å²) in [5.74, 6) is -1.23. The first-order valence-corrected chi connectivity index (χ1v) is 19.3. The fraction of sp³-hybridized carbons (Fsp3) is 0.465. The number of nitrogens with two attached hydrogens (primary N) is 1. The van der Waals surface area contributed by atoms with E-state index in [1.54, 1.807) is 19.2 Å². The maximum atomic E-state index is 14.1. The second kappa shape index (κ2) is 17.3. The molecule has 54 heavy (non-hydrogen) atoms. The van der Waals surface area contributed by atoms with E-state index in [1.807, 2.05) is 38.1 Å². The maximum Gasteiger partial charge on any atom is 0.339 e. The summed E-state index contributed by atoms with van der Waals surface area (Å²) >= 11 is 0. The number of hydrogen-bond acceptors (Lipinski definition) is 7. The Bertz CT molecular complexity index is 2040. The number of likely N-dealkylation sites (N-methyl/N-ethyl adjacent to an activating group) is 1. The quantitative estimate of drug-likeness (QED) is 0.0990. The Morgan fingerprint density at radius 1 is 0.944 bits per heavy atom. The number of amides is 3. The van der Waals surface area contributed by atoms with Crippen LogP contribution in [0.5, 0.6) is 0 Å². The lowest BCUT2D eigenvalue weighted by atomic mass is 9.90.